The van der Waals surface area contributed by atoms with E-state index in [1.165, 1.54) is 0 Å². The normalized spacial score (nSPS) is 12.7. The molecule has 1 nitrogen and oxygen atoms in total. The number of methoxy groups -OCH3 is 1. The molecule has 0 bridgehead atoms. The van der Waals surface area contributed by atoms with Crippen LogP contribution in [0.1, 0.15) is 5.56 Å². The van der Waals surface area contributed by atoms with Gasteiger partial charge in [0, 0.05) is 0 Å². The summed E-state index contributed by atoms with van der Waals surface area (Å²) in [6, 6.07) is 37.1. The van der Waals surface area contributed by atoms with Crippen LogP contribution in [-0.2, 0) is 6.16 Å². The molecule has 0 fully saturated rings. The molecule has 0 aromatic heterocycles. The fourth-order valence-electron chi connectivity index (χ4n) is 4.11. The Morgan fingerprint density at radius 3 is 1.50 bits per heavy atom. The zero-order valence-corrected chi connectivity index (χ0v) is 19.1. The maximum absolute atomic E-state index is 8.12. The van der Waals surface area contributed by atoms with E-state index in [9.17, 15) is 0 Å². The van der Waals surface area contributed by atoms with Crippen molar-refractivity contribution in [2.24, 2.45) is 0 Å². The van der Waals surface area contributed by atoms with Crippen molar-refractivity contribution in [3.8, 4) is 5.75 Å². The Kier molecular flexibility index (Phi) is 5.89. The van der Waals surface area contributed by atoms with E-state index in [0.717, 1.165) is 27.2 Å². The summed E-state index contributed by atoms with van der Waals surface area (Å²) in [6.45, 7) is 0. The standard InChI is InChI=1S/C26H23Cl2OP/c1-29-26-19-22(27)18-17-21(26)20-30(28,23-11-5-2-6-12-23,24-13-7-3-8-14-24)25-15-9-4-10-16-25/h2-19H,20H2,1H3. The second-order valence-corrected chi connectivity index (χ2v) is 14.2. The molecule has 4 heteroatoms. The predicted molar refractivity (Wildman–Crippen MR) is 133 cm³/mol. The van der Waals surface area contributed by atoms with Gasteiger partial charge in [0.15, 0.2) is 0 Å². The molecule has 0 spiro atoms. The van der Waals surface area contributed by atoms with Gasteiger partial charge in [0.25, 0.3) is 0 Å². The molecule has 152 valence electrons. The van der Waals surface area contributed by atoms with Gasteiger partial charge in [-0.2, -0.15) is 0 Å². The van der Waals surface area contributed by atoms with Gasteiger partial charge in [0.05, 0.1) is 0 Å². The topological polar surface area (TPSA) is 9.23 Å². The van der Waals surface area contributed by atoms with E-state index in [0.29, 0.717) is 11.2 Å². The molecule has 0 aliphatic heterocycles. The van der Waals surface area contributed by atoms with Crippen molar-refractivity contribution in [1.29, 1.82) is 0 Å². The van der Waals surface area contributed by atoms with Crippen molar-refractivity contribution in [2.45, 2.75) is 6.16 Å². The third-order valence-corrected chi connectivity index (χ3v) is 13.0. The Bertz CT molecular complexity index is 1030. The molecule has 0 atom stereocenters. The van der Waals surface area contributed by atoms with Crippen LogP contribution in [0.3, 0.4) is 0 Å². The van der Waals surface area contributed by atoms with E-state index in [4.69, 9.17) is 27.6 Å². The van der Waals surface area contributed by atoms with E-state index in [2.05, 4.69) is 72.8 Å². The van der Waals surface area contributed by atoms with Gasteiger partial charge in [0.1, 0.15) is 0 Å². The van der Waals surface area contributed by atoms with E-state index in [1.54, 1.807) is 7.11 Å². The van der Waals surface area contributed by atoms with Gasteiger partial charge in [-0.25, -0.2) is 0 Å². The van der Waals surface area contributed by atoms with Crippen LogP contribution in [0.15, 0.2) is 109 Å². The molecular formula is C26H23Cl2OP. The van der Waals surface area contributed by atoms with Gasteiger partial charge in [-0.3, -0.25) is 0 Å². The van der Waals surface area contributed by atoms with Gasteiger partial charge in [-0.15, -0.1) is 0 Å². The summed E-state index contributed by atoms with van der Waals surface area (Å²) in [5.41, 5.74) is 1.03. The molecule has 0 unspecified atom stereocenters. The van der Waals surface area contributed by atoms with Crippen LogP contribution in [0, 0.1) is 0 Å². The van der Waals surface area contributed by atoms with Crippen LogP contribution in [0.2, 0.25) is 5.02 Å². The number of hydrogen-bond donors (Lipinski definition) is 0. The first-order valence-electron chi connectivity index (χ1n) is 9.78. The zero-order chi connectivity index (χ0) is 21.1. The molecule has 4 aromatic carbocycles. The van der Waals surface area contributed by atoms with Crippen molar-refractivity contribution in [1.82, 2.24) is 0 Å². The Morgan fingerprint density at radius 2 is 1.10 bits per heavy atom. The third kappa shape index (κ3) is 3.52. The average molecular weight is 453 g/mol. The third-order valence-electron chi connectivity index (χ3n) is 5.60. The molecule has 30 heavy (non-hydrogen) atoms. The van der Waals surface area contributed by atoms with Crippen LogP contribution in [0.4, 0.5) is 0 Å². The van der Waals surface area contributed by atoms with Crippen molar-refractivity contribution in [3.05, 3.63) is 120 Å². The van der Waals surface area contributed by atoms with Crippen molar-refractivity contribution < 1.29 is 4.74 Å². The van der Waals surface area contributed by atoms with Crippen LogP contribution in [0.25, 0.3) is 0 Å². The second-order valence-electron chi connectivity index (χ2n) is 7.30. The van der Waals surface area contributed by atoms with Gasteiger partial charge in [0.2, 0.25) is 0 Å². The molecule has 0 aliphatic rings. The molecule has 4 aromatic rings. The van der Waals surface area contributed by atoms with Crippen molar-refractivity contribution >= 4 is 44.7 Å². The second kappa shape index (κ2) is 8.44. The molecule has 0 aliphatic carbocycles. The number of hydrogen-bond acceptors (Lipinski definition) is 1. The van der Waals surface area contributed by atoms with E-state index in [-0.39, 0.29) is 0 Å². The minimum absolute atomic E-state index is 0.617. The summed E-state index contributed by atoms with van der Waals surface area (Å²) < 4.78 is 5.70. The molecular weight excluding hydrogens is 430 g/mol. The maximum atomic E-state index is 8.12. The van der Waals surface area contributed by atoms with Crippen LogP contribution >= 0.6 is 28.8 Å². The summed E-state index contributed by atoms with van der Waals surface area (Å²) in [5.74, 6) is -2.65. The Balaban J connectivity index is 2.09. The van der Waals surface area contributed by atoms with Gasteiger partial charge >= 0.3 is 188 Å². The Hall–Kier alpha value is -2.31. The molecule has 0 N–H and O–H groups in total. The predicted octanol–water partition coefficient (Wildman–Crippen LogP) is 6.53. The summed E-state index contributed by atoms with van der Waals surface area (Å²) in [4.78, 5) is 0. The zero-order valence-electron chi connectivity index (χ0n) is 16.7. The fourth-order valence-corrected chi connectivity index (χ4v) is 10.4. The summed E-state index contributed by atoms with van der Waals surface area (Å²) >= 11 is 14.4. The Labute approximate surface area is 188 Å². The molecule has 0 amide bonds. The number of benzene rings is 4. The van der Waals surface area contributed by atoms with E-state index < -0.39 is 5.96 Å². The number of ether oxygens (including phenoxy) is 1. The molecule has 4 rings (SSSR count). The number of halogens is 2. The number of rotatable bonds is 6. The summed E-state index contributed by atoms with van der Waals surface area (Å²) in [7, 11) is 1.67. The van der Waals surface area contributed by atoms with E-state index in [1.807, 2.05) is 36.4 Å². The van der Waals surface area contributed by atoms with Crippen molar-refractivity contribution in [3.63, 3.8) is 0 Å². The first-order chi connectivity index (χ1) is 14.6. The molecule has 0 radical (unpaired) electrons. The average Bonchev–Trinajstić information content (AvgIpc) is 2.82. The summed E-state index contributed by atoms with van der Waals surface area (Å²) in [5, 5.41) is 4.02. The monoisotopic (exact) mass is 452 g/mol. The molecule has 0 saturated carbocycles. The van der Waals surface area contributed by atoms with Gasteiger partial charge in [-0.1, -0.05) is 0 Å². The summed E-state index contributed by atoms with van der Waals surface area (Å²) in [6.07, 6.45) is 0.617. The molecule has 0 saturated heterocycles. The van der Waals surface area contributed by atoms with Crippen molar-refractivity contribution in [2.75, 3.05) is 7.11 Å². The Morgan fingerprint density at radius 1 is 0.667 bits per heavy atom. The van der Waals surface area contributed by atoms with Crippen LogP contribution in [0.5, 0.6) is 5.75 Å². The molecule has 0 heterocycles. The van der Waals surface area contributed by atoms with Crippen LogP contribution in [-0.4, -0.2) is 7.11 Å². The quantitative estimate of drug-likeness (QED) is 0.302. The minimum atomic E-state index is -3.40. The van der Waals surface area contributed by atoms with Crippen LogP contribution < -0.4 is 20.7 Å². The van der Waals surface area contributed by atoms with Gasteiger partial charge < -0.3 is 0 Å². The first kappa shape index (κ1) is 20.9. The SMILES string of the molecule is COc1cc(Cl)ccc1CP(Cl)(c1ccccc1)(c1ccccc1)c1ccccc1. The van der Waals surface area contributed by atoms with Gasteiger partial charge in [-0.05, 0) is 0 Å². The van der Waals surface area contributed by atoms with E-state index >= 15 is 0 Å². The fraction of sp³-hybridized carbons (Fsp3) is 0.0769. The first-order valence-corrected chi connectivity index (χ1v) is 13.5.